The topological polar surface area (TPSA) is 132 Å². The number of fused-ring (bicyclic) bond motifs is 3. The molecule has 1 aromatic carbocycles. The second-order valence-corrected chi connectivity index (χ2v) is 10.4. The fraction of sp³-hybridized carbons (Fsp3) is 0.444. The summed E-state index contributed by atoms with van der Waals surface area (Å²) in [6, 6.07) is -0.758. The number of nitrogens with zero attached hydrogens (tertiary/aromatic N) is 3. The molecule has 2 aromatic rings. The third-order valence-corrected chi connectivity index (χ3v) is 8.10. The number of aliphatic hydroxyl groups excluding tert-OH is 1. The maximum Gasteiger partial charge on any atom is 0.354 e. The predicted octanol–water partition coefficient (Wildman–Crippen LogP) is 1.92. The fourth-order valence-corrected chi connectivity index (χ4v) is 5.90. The number of carbonyl (C=O) groups is 1. The number of benzene rings is 1. The summed E-state index contributed by atoms with van der Waals surface area (Å²) in [5.74, 6) is 0.169. The molecule has 11 heteroatoms. The average molecular weight is 482 g/mol. The number of ether oxygens (including phenoxy) is 1. The molecule has 0 radical (unpaired) electrons. The summed E-state index contributed by atoms with van der Waals surface area (Å²) in [7, 11) is -3.57. The average Bonchev–Trinajstić information content (AvgIpc) is 3.07. The van der Waals surface area contributed by atoms with Crippen LogP contribution in [0.25, 0.3) is 0 Å². The van der Waals surface area contributed by atoms with Gasteiger partial charge in [-0.15, -0.1) is 4.36 Å². The number of anilines is 1. The molecule has 2 amide bonds. The second-order valence-electron chi connectivity index (χ2n) is 7.87. The van der Waals surface area contributed by atoms with E-state index >= 15 is 0 Å². The zero-order valence-corrected chi connectivity index (χ0v) is 18.1. The van der Waals surface area contributed by atoms with Crippen molar-refractivity contribution in [1.82, 2.24) is 9.78 Å². The number of amides is 2. The van der Waals surface area contributed by atoms with Crippen LogP contribution in [0.5, 0.6) is 5.88 Å². The van der Waals surface area contributed by atoms with Crippen molar-refractivity contribution >= 4 is 37.6 Å². The molecule has 1 unspecified atom stereocenters. The van der Waals surface area contributed by atoms with E-state index in [0.717, 1.165) is 47.0 Å². The van der Waals surface area contributed by atoms with Crippen LogP contribution in [0.3, 0.4) is 0 Å². The molecule has 0 spiro atoms. The van der Waals surface area contributed by atoms with Crippen LogP contribution in [-0.4, -0.2) is 37.3 Å². The highest BCUT2D eigenvalue weighted by molar-refractivity contribution is 9.10. The van der Waals surface area contributed by atoms with Gasteiger partial charge in [0, 0.05) is 10.2 Å². The van der Waals surface area contributed by atoms with E-state index in [4.69, 9.17) is 9.88 Å². The molecule has 3 aliphatic rings. The minimum atomic E-state index is -3.57. The summed E-state index contributed by atoms with van der Waals surface area (Å²) < 4.78 is 25.1. The Bertz CT molecular complexity index is 1170. The molecule has 154 valence electrons. The first-order valence-corrected chi connectivity index (χ1v) is 11.7. The number of hydrogen-bond acceptors (Lipinski definition) is 5. The molecule has 4 N–H and O–H groups in total. The molecule has 29 heavy (non-hydrogen) atoms. The minimum Gasteiger partial charge on any atom is -0.466 e. The summed E-state index contributed by atoms with van der Waals surface area (Å²) in [6.07, 6.45) is 5.02. The first kappa shape index (κ1) is 19.0. The molecular formula is C18H20BrN5O4S. The van der Waals surface area contributed by atoms with Crippen molar-refractivity contribution < 1.29 is 18.8 Å². The van der Waals surface area contributed by atoms with E-state index in [1.807, 2.05) is 0 Å². The molecular weight excluding hydrogens is 462 g/mol. The zero-order chi connectivity index (χ0) is 20.6. The highest BCUT2D eigenvalue weighted by atomic mass is 79.9. The van der Waals surface area contributed by atoms with Crippen LogP contribution in [-0.2, 0) is 42.1 Å². The van der Waals surface area contributed by atoms with Crippen LogP contribution in [0.1, 0.15) is 29.2 Å². The van der Waals surface area contributed by atoms with E-state index in [9.17, 15) is 14.1 Å². The normalized spacial score (nSPS) is 22.9. The van der Waals surface area contributed by atoms with Gasteiger partial charge < -0.3 is 15.2 Å². The van der Waals surface area contributed by atoms with Crippen molar-refractivity contribution in [3.8, 4) is 5.88 Å². The second kappa shape index (κ2) is 6.27. The third kappa shape index (κ3) is 2.82. The summed E-state index contributed by atoms with van der Waals surface area (Å²) in [5.41, 5.74) is 4.56. The van der Waals surface area contributed by atoms with Gasteiger partial charge in [-0.2, -0.15) is 5.10 Å². The van der Waals surface area contributed by atoms with E-state index in [1.165, 1.54) is 22.0 Å². The van der Waals surface area contributed by atoms with Crippen molar-refractivity contribution in [2.24, 2.45) is 9.50 Å². The predicted molar refractivity (Wildman–Crippen MR) is 109 cm³/mol. The Labute approximate surface area is 176 Å². The van der Waals surface area contributed by atoms with Gasteiger partial charge in [-0.05, 0) is 54.9 Å². The van der Waals surface area contributed by atoms with E-state index in [-0.39, 0.29) is 23.9 Å². The lowest BCUT2D eigenvalue weighted by molar-refractivity contribution is 0.0399. The molecule has 2 heterocycles. The Balaban J connectivity index is 1.46. The van der Waals surface area contributed by atoms with Gasteiger partial charge in [0.2, 0.25) is 5.88 Å². The molecule has 0 saturated carbocycles. The van der Waals surface area contributed by atoms with Gasteiger partial charge in [0.15, 0.2) is 15.5 Å². The number of urea groups is 1. The van der Waals surface area contributed by atoms with Gasteiger partial charge in [-0.3, -0.25) is 0 Å². The van der Waals surface area contributed by atoms with Gasteiger partial charge in [0.1, 0.15) is 4.90 Å². The SMILES string of the molecule is C[C@]1(CO)Cn2ncc(S(N)(=O)=NC(=O)Nc3c4c(c(Br)c5c3CC5)CC4)c2O1. The number of carbonyl (C=O) groups excluding carboxylic acids is 1. The third-order valence-electron chi connectivity index (χ3n) is 5.80. The van der Waals surface area contributed by atoms with Gasteiger partial charge in [-0.25, -0.2) is 18.8 Å². The zero-order valence-electron chi connectivity index (χ0n) is 15.7. The quantitative estimate of drug-likeness (QED) is 0.615. The number of nitrogens with one attached hydrogen (secondary N) is 1. The van der Waals surface area contributed by atoms with Crippen LogP contribution in [0.4, 0.5) is 10.5 Å². The van der Waals surface area contributed by atoms with Crippen molar-refractivity contribution in [2.75, 3.05) is 11.9 Å². The first-order chi connectivity index (χ1) is 13.7. The Kier molecular flexibility index (Phi) is 4.12. The molecule has 0 saturated heterocycles. The van der Waals surface area contributed by atoms with Crippen molar-refractivity contribution in [1.29, 1.82) is 0 Å². The monoisotopic (exact) mass is 481 g/mol. The van der Waals surface area contributed by atoms with E-state index in [0.29, 0.717) is 0 Å². The maximum absolute atomic E-state index is 13.0. The lowest BCUT2D eigenvalue weighted by Crippen LogP contribution is -2.35. The lowest BCUT2D eigenvalue weighted by atomic mass is 9.76. The molecule has 1 aliphatic heterocycles. The first-order valence-electron chi connectivity index (χ1n) is 9.29. The van der Waals surface area contributed by atoms with E-state index < -0.39 is 21.5 Å². The molecule has 0 fully saturated rings. The number of nitrogens with two attached hydrogens (primary N) is 1. The van der Waals surface area contributed by atoms with Crippen LogP contribution in [0.15, 0.2) is 19.9 Å². The summed E-state index contributed by atoms with van der Waals surface area (Å²) in [4.78, 5) is 12.7. The molecule has 2 atom stereocenters. The Morgan fingerprint density at radius 3 is 2.55 bits per heavy atom. The Morgan fingerprint density at radius 1 is 1.38 bits per heavy atom. The van der Waals surface area contributed by atoms with Gasteiger partial charge >= 0.3 is 6.03 Å². The van der Waals surface area contributed by atoms with E-state index in [2.05, 4.69) is 30.7 Å². The highest BCUT2D eigenvalue weighted by Gasteiger charge is 2.39. The van der Waals surface area contributed by atoms with Crippen molar-refractivity contribution in [3.63, 3.8) is 0 Å². The lowest BCUT2D eigenvalue weighted by Gasteiger charge is -2.33. The maximum atomic E-state index is 13.0. The molecule has 2 aliphatic carbocycles. The minimum absolute atomic E-state index is 0.0432. The van der Waals surface area contributed by atoms with E-state index in [1.54, 1.807) is 6.92 Å². The molecule has 1 aromatic heterocycles. The van der Waals surface area contributed by atoms with Crippen LogP contribution in [0.2, 0.25) is 0 Å². The van der Waals surface area contributed by atoms with Crippen LogP contribution >= 0.6 is 15.9 Å². The summed E-state index contributed by atoms with van der Waals surface area (Å²) in [5, 5.41) is 22.3. The van der Waals surface area contributed by atoms with Crippen LogP contribution in [0, 0.1) is 0 Å². The Hall–Kier alpha value is -1.95. The fourth-order valence-electron chi connectivity index (χ4n) is 4.04. The number of rotatable bonds is 3. The largest absolute Gasteiger partial charge is 0.466 e. The number of hydrogen-bond donors (Lipinski definition) is 3. The van der Waals surface area contributed by atoms with Gasteiger partial charge in [-0.1, -0.05) is 15.9 Å². The van der Waals surface area contributed by atoms with Gasteiger partial charge in [0.25, 0.3) is 0 Å². The van der Waals surface area contributed by atoms with Gasteiger partial charge in [0.05, 0.1) is 19.3 Å². The standard InChI is InChI=1S/C18H20BrN5O4S/c1-18(8-25)7-24-16(28-18)13(6-21-24)29(20,27)23-17(26)22-15-11-4-2-9(11)14(19)10-3-5-12(10)15/h6,25H,2-5,7-8H2,1H3,(H3,20,22,23,26,27)/t18-,29?/m1/s1. The number of aromatic nitrogens is 2. The number of aliphatic hydroxyl groups is 1. The van der Waals surface area contributed by atoms with Crippen LogP contribution < -0.4 is 15.2 Å². The molecule has 9 nitrogen and oxygen atoms in total. The summed E-state index contributed by atoms with van der Waals surface area (Å²) >= 11 is 3.66. The summed E-state index contributed by atoms with van der Waals surface area (Å²) in [6.45, 7) is 1.76. The van der Waals surface area contributed by atoms with Crippen molar-refractivity contribution in [2.45, 2.75) is 49.6 Å². The van der Waals surface area contributed by atoms with Crippen molar-refractivity contribution in [3.05, 3.63) is 32.9 Å². The molecule has 0 bridgehead atoms. The number of halogens is 1. The molecule has 5 rings (SSSR count). The smallest absolute Gasteiger partial charge is 0.354 e. The Morgan fingerprint density at radius 2 is 2.00 bits per heavy atom. The highest BCUT2D eigenvalue weighted by Crippen LogP contribution is 2.46.